The molecule has 0 aromatic heterocycles. The highest BCUT2D eigenvalue weighted by atomic mass is 16.4. The zero-order valence-electron chi connectivity index (χ0n) is 18.1. The van der Waals surface area contributed by atoms with Gasteiger partial charge in [-0.15, -0.1) is 0 Å². The van der Waals surface area contributed by atoms with Gasteiger partial charge in [0.15, 0.2) is 6.04 Å². The summed E-state index contributed by atoms with van der Waals surface area (Å²) in [5.74, 6) is -1.85. The minimum Gasteiger partial charge on any atom is -0.480 e. The van der Waals surface area contributed by atoms with Gasteiger partial charge >= 0.3 is 5.97 Å². The zero-order chi connectivity index (χ0) is 22.3. The van der Waals surface area contributed by atoms with Crippen molar-refractivity contribution in [3.05, 3.63) is 72.9 Å². The molecule has 0 aliphatic rings. The van der Waals surface area contributed by atoms with Crippen molar-refractivity contribution in [2.75, 3.05) is 6.61 Å². The average Bonchev–Trinajstić information content (AvgIpc) is 2.73. The molecular weight excluding hydrogens is 378 g/mol. The molecule has 0 rings (SSSR count). The third-order valence-electron chi connectivity index (χ3n) is 4.16. The molecule has 0 aliphatic heterocycles. The van der Waals surface area contributed by atoms with E-state index in [0.717, 1.165) is 6.42 Å². The summed E-state index contributed by atoms with van der Waals surface area (Å²) < 4.78 is 0. The fourth-order valence-corrected chi connectivity index (χ4v) is 2.46. The normalized spacial score (nSPS) is 13.7. The van der Waals surface area contributed by atoms with Gasteiger partial charge in [0.1, 0.15) is 0 Å². The van der Waals surface area contributed by atoms with Crippen LogP contribution in [0.25, 0.3) is 0 Å². The van der Waals surface area contributed by atoms with Crippen LogP contribution in [0.1, 0.15) is 58.3 Å². The molecule has 30 heavy (non-hydrogen) atoms. The van der Waals surface area contributed by atoms with Crippen LogP contribution in [-0.4, -0.2) is 34.7 Å². The topological polar surface area (TPSA) is 86.6 Å². The molecule has 3 N–H and O–H groups in total. The van der Waals surface area contributed by atoms with E-state index in [9.17, 15) is 9.59 Å². The number of aliphatic carboxylic acids is 1. The van der Waals surface area contributed by atoms with E-state index < -0.39 is 24.5 Å². The Morgan fingerprint density at radius 1 is 0.767 bits per heavy atom. The van der Waals surface area contributed by atoms with Crippen molar-refractivity contribution in [2.24, 2.45) is 0 Å². The van der Waals surface area contributed by atoms with E-state index >= 15 is 0 Å². The largest absolute Gasteiger partial charge is 0.480 e. The molecule has 0 bridgehead atoms. The van der Waals surface area contributed by atoms with E-state index in [-0.39, 0.29) is 0 Å². The smallest absolute Gasteiger partial charge is 0.328 e. The van der Waals surface area contributed by atoms with Crippen LogP contribution in [0, 0.1) is 0 Å². The molecule has 0 radical (unpaired) electrons. The summed E-state index contributed by atoms with van der Waals surface area (Å²) in [6.45, 7) is 1.59. The molecule has 1 amide bonds. The Morgan fingerprint density at radius 3 is 1.80 bits per heavy atom. The Labute approximate surface area is 181 Å². The van der Waals surface area contributed by atoms with Gasteiger partial charge in [-0.1, -0.05) is 112 Å². The molecule has 1 atom stereocenters. The number of carboxylic acids is 1. The number of amides is 1. The minimum absolute atomic E-state index is 0.574. The lowest BCUT2D eigenvalue weighted by Crippen LogP contribution is -2.42. The second-order valence-electron chi connectivity index (χ2n) is 6.82. The summed E-state index contributed by atoms with van der Waals surface area (Å²) in [4.78, 5) is 22.1. The molecule has 166 valence electrons. The second kappa shape index (κ2) is 21.1. The number of hydrogen-bond acceptors (Lipinski definition) is 3. The number of carbonyl (C=O) groups is 2. The first kappa shape index (κ1) is 27.3. The lowest BCUT2D eigenvalue weighted by molar-refractivity contribution is -0.142. The van der Waals surface area contributed by atoms with Crippen LogP contribution in [0.3, 0.4) is 0 Å². The lowest BCUT2D eigenvalue weighted by Gasteiger charge is -2.08. The van der Waals surface area contributed by atoms with Gasteiger partial charge in [-0.05, 0) is 12.8 Å². The molecule has 0 heterocycles. The van der Waals surface area contributed by atoms with E-state index in [1.165, 1.54) is 57.1 Å². The zero-order valence-corrected chi connectivity index (χ0v) is 18.1. The first-order chi connectivity index (χ1) is 14.6. The number of carbonyl (C=O) groups excluding carboxylic acids is 1. The number of unbranched alkanes of at least 4 members (excludes halogenated alkanes) is 7. The lowest BCUT2D eigenvalue weighted by atomic mass is 10.1. The maximum Gasteiger partial charge on any atom is 0.328 e. The summed E-state index contributed by atoms with van der Waals surface area (Å²) in [5, 5.41) is 19.7. The van der Waals surface area contributed by atoms with Crippen LogP contribution in [0.5, 0.6) is 0 Å². The number of hydrogen-bond donors (Lipinski definition) is 3. The SMILES string of the molecule is CCCCCCCCCC=CC=CC=CC=CC=CC=CC(=O)NC(CO)C(=O)O. The van der Waals surface area contributed by atoms with Gasteiger partial charge < -0.3 is 15.5 Å². The van der Waals surface area contributed by atoms with Crippen molar-refractivity contribution < 1.29 is 19.8 Å². The number of aliphatic hydroxyl groups is 1. The van der Waals surface area contributed by atoms with E-state index in [2.05, 4.69) is 24.4 Å². The van der Waals surface area contributed by atoms with Crippen LogP contribution >= 0.6 is 0 Å². The molecule has 0 aromatic rings. The molecule has 1 unspecified atom stereocenters. The minimum atomic E-state index is -1.29. The van der Waals surface area contributed by atoms with Gasteiger partial charge in [0.05, 0.1) is 6.61 Å². The summed E-state index contributed by atoms with van der Waals surface area (Å²) in [5.41, 5.74) is 0. The Morgan fingerprint density at radius 2 is 1.27 bits per heavy atom. The molecule has 0 spiro atoms. The fraction of sp³-hybridized carbons (Fsp3) is 0.440. The fourth-order valence-electron chi connectivity index (χ4n) is 2.46. The van der Waals surface area contributed by atoms with Crippen LogP contribution in [0.15, 0.2) is 72.9 Å². The molecule has 0 aromatic carbocycles. The quantitative estimate of drug-likeness (QED) is 0.177. The summed E-state index contributed by atoms with van der Waals surface area (Å²) in [7, 11) is 0. The number of allylic oxidation sites excluding steroid dienone is 11. The standard InChI is InChI=1S/C25H37NO4/c1-2-3-4-5-6-7-8-9-10-11-12-13-14-15-16-17-18-19-20-21-24(28)26-23(22-27)25(29)30/h10-21,23,27H,2-9,22H2,1H3,(H,26,28)(H,29,30). The monoisotopic (exact) mass is 415 g/mol. The Balaban J connectivity index is 3.84. The van der Waals surface area contributed by atoms with E-state index in [1.54, 1.807) is 12.2 Å². The molecule has 0 saturated carbocycles. The Kier molecular flexibility index (Phi) is 19.2. The molecule has 0 fully saturated rings. The predicted molar refractivity (Wildman–Crippen MR) is 124 cm³/mol. The number of nitrogens with one attached hydrogen (secondary N) is 1. The second-order valence-corrected chi connectivity index (χ2v) is 6.82. The van der Waals surface area contributed by atoms with Gasteiger partial charge in [-0.3, -0.25) is 4.79 Å². The molecular formula is C25H37NO4. The Hall–Kier alpha value is -2.66. The molecule has 5 heteroatoms. The van der Waals surface area contributed by atoms with Gasteiger partial charge in [0, 0.05) is 6.08 Å². The summed E-state index contributed by atoms with van der Waals surface area (Å²) >= 11 is 0. The van der Waals surface area contributed by atoms with Crippen LogP contribution in [-0.2, 0) is 9.59 Å². The van der Waals surface area contributed by atoms with Crippen LogP contribution < -0.4 is 5.32 Å². The van der Waals surface area contributed by atoms with E-state index in [4.69, 9.17) is 10.2 Å². The number of aliphatic hydroxyl groups excluding tert-OH is 1. The molecule has 0 saturated heterocycles. The Bertz CT molecular complexity index is 627. The summed E-state index contributed by atoms with van der Waals surface area (Å²) in [6, 6.07) is -1.29. The van der Waals surface area contributed by atoms with Crippen molar-refractivity contribution in [1.82, 2.24) is 5.32 Å². The van der Waals surface area contributed by atoms with E-state index in [1.807, 2.05) is 36.5 Å². The van der Waals surface area contributed by atoms with Gasteiger partial charge in [-0.2, -0.15) is 0 Å². The third kappa shape index (κ3) is 18.7. The van der Waals surface area contributed by atoms with Crippen molar-refractivity contribution in [1.29, 1.82) is 0 Å². The van der Waals surface area contributed by atoms with Crippen molar-refractivity contribution in [2.45, 2.75) is 64.3 Å². The first-order valence-corrected chi connectivity index (χ1v) is 10.8. The highest BCUT2D eigenvalue weighted by Crippen LogP contribution is 2.08. The van der Waals surface area contributed by atoms with Gasteiger partial charge in [0.25, 0.3) is 0 Å². The van der Waals surface area contributed by atoms with Crippen molar-refractivity contribution in [3.63, 3.8) is 0 Å². The van der Waals surface area contributed by atoms with E-state index in [0.29, 0.717) is 0 Å². The van der Waals surface area contributed by atoms with Crippen molar-refractivity contribution >= 4 is 11.9 Å². The number of rotatable bonds is 17. The van der Waals surface area contributed by atoms with Crippen LogP contribution in [0.4, 0.5) is 0 Å². The highest BCUT2D eigenvalue weighted by molar-refractivity contribution is 5.91. The van der Waals surface area contributed by atoms with Gasteiger partial charge in [-0.25, -0.2) is 4.79 Å². The van der Waals surface area contributed by atoms with Crippen LogP contribution in [0.2, 0.25) is 0 Å². The maximum absolute atomic E-state index is 11.5. The first-order valence-electron chi connectivity index (χ1n) is 10.8. The average molecular weight is 416 g/mol. The third-order valence-corrected chi connectivity index (χ3v) is 4.16. The highest BCUT2D eigenvalue weighted by Gasteiger charge is 2.16. The number of carboxylic acid groups (broad SMARTS) is 1. The predicted octanol–water partition coefficient (Wildman–Crippen LogP) is 5.03. The molecule has 5 nitrogen and oxygen atoms in total. The van der Waals surface area contributed by atoms with Crippen molar-refractivity contribution in [3.8, 4) is 0 Å². The summed E-state index contributed by atoms with van der Waals surface area (Å²) in [6.07, 6.45) is 32.4. The van der Waals surface area contributed by atoms with Gasteiger partial charge in [0.2, 0.25) is 5.91 Å². The maximum atomic E-state index is 11.5. The molecule has 0 aliphatic carbocycles.